The fourth-order valence-corrected chi connectivity index (χ4v) is 2.22. The number of unbranched alkanes of at least 4 members (excludes halogenated alkanes) is 1. The van der Waals surface area contributed by atoms with Crippen molar-refractivity contribution in [3.05, 3.63) is 59.2 Å². The zero-order chi connectivity index (χ0) is 14.8. The third-order valence-electron chi connectivity index (χ3n) is 3.23. The molecule has 0 bridgehead atoms. The molecule has 20 heavy (non-hydrogen) atoms. The number of hydrogen-bond acceptors (Lipinski definition) is 1. The third kappa shape index (κ3) is 7.30. The number of carbonyl (C=O) groups is 1. The molecule has 0 aliphatic rings. The van der Waals surface area contributed by atoms with E-state index in [-0.39, 0.29) is 5.24 Å². The lowest BCUT2D eigenvalue weighted by Crippen LogP contribution is -1.94. The van der Waals surface area contributed by atoms with E-state index in [2.05, 4.69) is 37.3 Å². The number of carbonyl (C=O) groups excluding carboxylic acids is 1. The number of benzene rings is 1. The molecule has 0 spiro atoms. The Balaban J connectivity index is 2.30. The van der Waals surface area contributed by atoms with Gasteiger partial charge in [0.2, 0.25) is 5.24 Å². The minimum absolute atomic E-state index is 0.304. The quantitative estimate of drug-likeness (QED) is 0.364. The number of aryl methyl sites for hydroxylation is 1. The Morgan fingerprint density at radius 2 is 1.80 bits per heavy atom. The van der Waals surface area contributed by atoms with Crippen LogP contribution < -0.4 is 0 Å². The summed E-state index contributed by atoms with van der Waals surface area (Å²) in [6.45, 7) is 4.21. The van der Waals surface area contributed by atoms with Gasteiger partial charge in [-0.3, -0.25) is 4.79 Å². The van der Waals surface area contributed by atoms with E-state index < -0.39 is 0 Å². The van der Waals surface area contributed by atoms with E-state index in [1.54, 1.807) is 0 Å². The SMILES string of the molecule is CC=CC=C(C)CCCCc1ccc(CC(=O)Cl)cc1. The van der Waals surface area contributed by atoms with Crippen LogP contribution in [-0.4, -0.2) is 5.24 Å². The Morgan fingerprint density at radius 1 is 1.15 bits per heavy atom. The van der Waals surface area contributed by atoms with Crippen LogP contribution in [0.1, 0.15) is 44.2 Å². The first-order valence-electron chi connectivity index (χ1n) is 7.16. The van der Waals surface area contributed by atoms with Crippen molar-refractivity contribution in [2.45, 2.75) is 46.0 Å². The van der Waals surface area contributed by atoms with Crippen LogP contribution in [0.4, 0.5) is 0 Å². The highest BCUT2D eigenvalue weighted by Gasteiger charge is 2.00. The van der Waals surface area contributed by atoms with E-state index >= 15 is 0 Å². The molecule has 2 heteroatoms. The lowest BCUT2D eigenvalue weighted by atomic mass is 10.0. The van der Waals surface area contributed by atoms with Crippen molar-refractivity contribution in [2.24, 2.45) is 0 Å². The summed E-state index contributed by atoms with van der Waals surface area (Å²) in [5.41, 5.74) is 3.74. The highest BCUT2D eigenvalue weighted by atomic mass is 35.5. The van der Waals surface area contributed by atoms with Crippen molar-refractivity contribution in [1.82, 2.24) is 0 Å². The lowest BCUT2D eigenvalue weighted by molar-refractivity contribution is -0.111. The molecule has 0 aliphatic heterocycles. The molecule has 1 nitrogen and oxygen atoms in total. The summed E-state index contributed by atoms with van der Waals surface area (Å²) in [5, 5.41) is -0.304. The summed E-state index contributed by atoms with van der Waals surface area (Å²) in [7, 11) is 0. The molecule has 1 rings (SSSR count). The fraction of sp³-hybridized carbons (Fsp3) is 0.389. The van der Waals surface area contributed by atoms with Crippen LogP contribution in [0.15, 0.2) is 48.1 Å². The van der Waals surface area contributed by atoms with Crippen molar-refractivity contribution in [1.29, 1.82) is 0 Å². The first-order valence-corrected chi connectivity index (χ1v) is 7.54. The average Bonchev–Trinajstić information content (AvgIpc) is 2.42. The standard InChI is InChI=1S/C18H23ClO/c1-3-4-7-15(2)8-5-6-9-16-10-12-17(13-11-16)14-18(19)20/h3-4,7,10-13H,5-6,8-9,14H2,1-2H3. The number of halogens is 1. The monoisotopic (exact) mass is 290 g/mol. The van der Waals surface area contributed by atoms with E-state index in [1.165, 1.54) is 24.0 Å². The van der Waals surface area contributed by atoms with Crippen molar-refractivity contribution in [3.8, 4) is 0 Å². The second kappa shape index (κ2) is 9.55. The Hall–Kier alpha value is -1.34. The summed E-state index contributed by atoms with van der Waals surface area (Å²) in [4.78, 5) is 10.8. The van der Waals surface area contributed by atoms with Gasteiger partial charge in [0.25, 0.3) is 0 Å². The topological polar surface area (TPSA) is 17.1 Å². The fourth-order valence-electron chi connectivity index (χ4n) is 2.06. The van der Waals surface area contributed by atoms with Crippen LogP contribution in [0.3, 0.4) is 0 Å². The summed E-state index contributed by atoms with van der Waals surface area (Å²) in [5.74, 6) is 0. The maximum Gasteiger partial charge on any atom is 0.226 e. The molecule has 0 heterocycles. The largest absolute Gasteiger partial charge is 0.281 e. The van der Waals surface area contributed by atoms with Gasteiger partial charge in [0, 0.05) is 6.42 Å². The molecule has 0 amide bonds. The van der Waals surface area contributed by atoms with Gasteiger partial charge in [-0.05, 0) is 62.3 Å². The zero-order valence-corrected chi connectivity index (χ0v) is 13.1. The minimum Gasteiger partial charge on any atom is -0.281 e. The maximum absolute atomic E-state index is 10.8. The predicted octanol–water partition coefficient (Wildman–Crippen LogP) is 5.23. The first-order chi connectivity index (χ1) is 9.61. The molecule has 108 valence electrons. The summed E-state index contributed by atoms with van der Waals surface area (Å²) < 4.78 is 0. The average molecular weight is 291 g/mol. The molecule has 0 atom stereocenters. The van der Waals surface area contributed by atoms with Gasteiger partial charge in [0.1, 0.15) is 0 Å². The van der Waals surface area contributed by atoms with E-state index in [0.717, 1.165) is 18.4 Å². The number of hydrogen-bond donors (Lipinski definition) is 0. The van der Waals surface area contributed by atoms with E-state index in [4.69, 9.17) is 11.6 Å². The van der Waals surface area contributed by atoms with E-state index in [9.17, 15) is 4.79 Å². The van der Waals surface area contributed by atoms with Crippen LogP contribution >= 0.6 is 11.6 Å². The normalized spacial score (nSPS) is 12.1. The van der Waals surface area contributed by atoms with Crippen LogP contribution in [0, 0.1) is 0 Å². The van der Waals surface area contributed by atoms with Gasteiger partial charge in [0.15, 0.2) is 0 Å². The van der Waals surface area contributed by atoms with E-state index in [0.29, 0.717) is 6.42 Å². The molecule has 0 aliphatic carbocycles. The Kier molecular flexibility index (Phi) is 7.98. The molecule has 0 unspecified atom stereocenters. The van der Waals surface area contributed by atoms with Crippen LogP contribution in [-0.2, 0) is 17.6 Å². The third-order valence-corrected chi connectivity index (χ3v) is 3.36. The first kappa shape index (κ1) is 16.7. The molecule has 1 aromatic carbocycles. The second-order valence-corrected chi connectivity index (χ2v) is 5.52. The number of allylic oxidation sites excluding steroid dienone is 4. The second-order valence-electron chi connectivity index (χ2n) is 5.09. The molecule has 0 saturated carbocycles. The van der Waals surface area contributed by atoms with Crippen LogP contribution in [0.25, 0.3) is 0 Å². The van der Waals surface area contributed by atoms with Gasteiger partial charge in [-0.1, -0.05) is 48.1 Å². The Morgan fingerprint density at radius 3 is 2.40 bits per heavy atom. The van der Waals surface area contributed by atoms with Gasteiger partial charge in [-0.15, -0.1) is 0 Å². The Labute approximate surface area is 127 Å². The molecule has 0 fully saturated rings. The van der Waals surface area contributed by atoms with Crippen molar-refractivity contribution in [2.75, 3.05) is 0 Å². The zero-order valence-electron chi connectivity index (χ0n) is 12.4. The molecule has 0 N–H and O–H groups in total. The Bertz CT molecular complexity index is 469. The van der Waals surface area contributed by atoms with Crippen molar-refractivity contribution < 1.29 is 4.79 Å². The van der Waals surface area contributed by atoms with Crippen molar-refractivity contribution >= 4 is 16.8 Å². The minimum atomic E-state index is -0.304. The van der Waals surface area contributed by atoms with Crippen LogP contribution in [0.5, 0.6) is 0 Å². The lowest BCUT2D eigenvalue weighted by Gasteiger charge is -2.04. The van der Waals surface area contributed by atoms with Crippen molar-refractivity contribution in [3.63, 3.8) is 0 Å². The van der Waals surface area contributed by atoms with Gasteiger partial charge in [-0.25, -0.2) is 0 Å². The maximum atomic E-state index is 10.8. The molecule has 0 saturated heterocycles. The van der Waals surface area contributed by atoms with Gasteiger partial charge in [-0.2, -0.15) is 0 Å². The van der Waals surface area contributed by atoms with Gasteiger partial charge in [0.05, 0.1) is 0 Å². The highest BCUT2D eigenvalue weighted by molar-refractivity contribution is 6.63. The molecule has 1 aromatic rings. The van der Waals surface area contributed by atoms with E-state index in [1.807, 2.05) is 19.1 Å². The summed E-state index contributed by atoms with van der Waals surface area (Å²) in [6, 6.07) is 8.18. The van der Waals surface area contributed by atoms with Crippen LogP contribution in [0.2, 0.25) is 0 Å². The summed E-state index contributed by atoms with van der Waals surface area (Å²) in [6.07, 6.45) is 11.3. The van der Waals surface area contributed by atoms with Gasteiger partial charge < -0.3 is 0 Å². The molecular formula is C18H23ClO. The smallest absolute Gasteiger partial charge is 0.226 e. The molecule has 0 aromatic heterocycles. The highest BCUT2D eigenvalue weighted by Crippen LogP contribution is 2.12. The predicted molar refractivity (Wildman–Crippen MR) is 87.1 cm³/mol. The number of rotatable bonds is 8. The summed E-state index contributed by atoms with van der Waals surface area (Å²) >= 11 is 5.37. The molecular weight excluding hydrogens is 268 g/mol. The van der Waals surface area contributed by atoms with Gasteiger partial charge >= 0.3 is 0 Å². The molecule has 0 radical (unpaired) electrons.